The molecule has 0 N–H and O–H groups in total. The normalized spacial score (nSPS) is 11.0. The molecule has 0 aliphatic carbocycles. The van der Waals surface area contributed by atoms with Gasteiger partial charge in [-0.25, -0.2) is 0 Å². The van der Waals surface area contributed by atoms with Gasteiger partial charge < -0.3 is 0 Å². The molecule has 4 heteroatoms. The molecule has 0 saturated heterocycles. The maximum absolute atomic E-state index is 3.74. The molecule has 0 bridgehead atoms. The van der Waals surface area contributed by atoms with Crippen molar-refractivity contribution in [1.29, 1.82) is 0 Å². The summed E-state index contributed by atoms with van der Waals surface area (Å²) in [5.41, 5.74) is 4.36. The SMILES string of the molecule is Brc1ccccc1[CH2][Sn]([CH2]c1ccccc1Br)[CH2]c1ccccc1Br. The Morgan fingerprint density at radius 2 is 0.760 bits per heavy atom. The summed E-state index contributed by atoms with van der Waals surface area (Å²) in [6.07, 6.45) is 0. The molecule has 0 aliphatic rings. The Bertz CT molecular complexity index is 735. The third-order valence-electron chi connectivity index (χ3n) is 4.19. The van der Waals surface area contributed by atoms with Gasteiger partial charge >= 0.3 is 184 Å². The van der Waals surface area contributed by atoms with E-state index in [2.05, 4.69) is 121 Å². The van der Waals surface area contributed by atoms with Crippen molar-refractivity contribution in [1.82, 2.24) is 0 Å². The third kappa shape index (κ3) is 5.69. The van der Waals surface area contributed by atoms with E-state index in [0.717, 1.165) is 0 Å². The van der Waals surface area contributed by atoms with E-state index in [0.29, 0.717) is 0 Å². The van der Waals surface area contributed by atoms with Crippen LogP contribution in [0.1, 0.15) is 16.7 Å². The average Bonchev–Trinajstić information content (AvgIpc) is 2.61. The van der Waals surface area contributed by atoms with Crippen LogP contribution in [0.4, 0.5) is 0 Å². The number of benzene rings is 3. The molecule has 127 valence electrons. The van der Waals surface area contributed by atoms with Gasteiger partial charge in [0.2, 0.25) is 0 Å². The van der Waals surface area contributed by atoms with E-state index < -0.39 is 19.8 Å². The number of hydrogen-bond acceptors (Lipinski definition) is 0. The first-order valence-electron chi connectivity index (χ1n) is 8.17. The Morgan fingerprint density at radius 1 is 0.480 bits per heavy atom. The summed E-state index contributed by atoms with van der Waals surface area (Å²) in [7, 11) is 0. The second-order valence-electron chi connectivity index (χ2n) is 6.05. The second kappa shape index (κ2) is 9.72. The molecule has 0 amide bonds. The van der Waals surface area contributed by atoms with Gasteiger partial charge in [-0.3, -0.25) is 0 Å². The van der Waals surface area contributed by atoms with Gasteiger partial charge in [-0.1, -0.05) is 0 Å². The molecule has 3 aromatic rings. The first kappa shape index (κ1) is 19.7. The van der Waals surface area contributed by atoms with Gasteiger partial charge in [0.1, 0.15) is 0 Å². The molecular formula is C21H18Br3Sn. The van der Waals surface area contributed by atoms with Gasteiger partial charge in [0.05, 0.1) is 0 Å². The Morgan fingerprint density at radius 3 is 1.04 bits per heavy atom. The molecule has 0 aliphatic heterocycles. The van der Waals surface area contributed by atoms with Crippen molar-refractivity contribution in [3.63, 3.8) is 0 Å². The van der Waals surface area contributed by atoms with Gasteiger partial charge in [-0.15, -0.1) is 0 Å². The van der Waals surface area contributed by atoms with Crippen LogP contribution in [0.25, 0.3) is 0 Å². The summed E-state index contributed by atoms with van der Waals surface area (Å²) in [4.78, 5) is 0. The summed E-state index contributed by atoms with van der Waals surface area (Å²) >= 11 is 9.45. The van der Waals surface area contributed by atoms with Gasteiger partial charge in [0.25, 0.3) is 0 Å². The topological polar surface area (TPSA) is 0 Å². The second-order valence-corrected chi connectivity index (χ2v) is 15.9. The van der Waals surface area contributed by atoms with Crippen LogP contribution in [-0.2, 0) is 13.3 Å². The predicted octanol–water partition coefficient (Wildman–Crippen LogP) is 7.11. The molecule has 0 aromatic heterocycles. The van der Waals surface area contributed by atoms with E-state index in [1.165, 1.54) is 43.4 Å². The molecule has 0 spiro atoms. The van der Waals surface area contributed by atoms with Crippen LogP contribution in [-0.4, -0.2) is 19.8 Å². The minimum atomic E-state index is -1.76. The molecule has 0 saturated carbocycles. The van der Waals surface area contributed by atoms with Crippen LogP contribution < -0.4 is 0 Å². The fraction of sp³-hybridized carbons (Fsp3) is 0.143. The standard InChI is InChI=1S/3C7H6Br.Sn/c3*1-6-4-2-3-5-7(6)8;/h3*2-5H,1H2;. The van der Waals surface area contributed by atoms with Crippen molar-refractivity contribution in [2.75, 3.05) is 0 Å². The Hall–Kier alpha value is -0.101. The first-order valence-corrected chi connectivity index (χ1v) is 16.6. The minimum absolute atomic E-state index is 1.24. The van der Waals surface area contributed by atoms with Gasteiger partial charge in [-0.2, -0.15) is 0 Å². The van der Waals surface area contributed by atoms with Crippen LogP contribution >= 0.6 is 47.8 Å². The van der Waals surface area contributed by atoms with Crippen LogP contribution in [0.2, 0.25) is 0 Å². The zero-order chi connectivity index (χ0) is 17.6. The van der Waals surface area contributed by atoms with Crippen molar-refractivity contribution in [2.45, 2.75) is 13.3 Å². The molecule has 0 fully saturated rings. The Balaban J connectivity index is 1.86. The van der Waals surface area contributed by atoms with Gasteiger partial charge in [0, 0.05) is 0 Å². The predicted molar refractivity (Wildman–Crippen MR) is 119 cm³/mol. The summed E-state index contributed by atoms with van der Waals surface area (Å²) in [5, 5.41) is 0. The molecule has 0 nitrogen and oxygen atoms in total. The van der Waals surface area contributed by atoms with Crippen molar-refractivity contribution < 1.29 is 0 Å². The summed E-state index contributed by atoms with van der Waals surface area (Å²) < 4.78 is 7.46. The van der Waals surface area contributed by atoms with Gasteiger partial charge in [0.15, 0.2) is 0 Å². The molecule has 3 aromatic carbocycles. The Labute approximate surface area is 182 Å². The van der Waals surface area contributed by atoms with Crippen molar-refractivity contribution >= 4 is 67.5 Å². The van der Waals surface area contributed by atoms with Crippen molar-refractivity contribution in [2.24, 2.45) is 0 Å². The van der Waals surface area contributed by atoms with Crippen LogP contribution in [0.5, 0.6) is 0 Å². The van der Waals surface area contributed by atoms with E-state index in [9.17, 15) is 0 Å². The van der Waals surface area contributed by atoms with Crippen LogP contribution in [0, 0.1) is 0 Å². The third-order valence-corrected chi connectivity index (χ3v) is 14.1. The first-order chi connectivity index (χ1) is 12.1. The van der Waals surface area contributed by atoms with Gasteiger partial charge in [-0.05, 0) is 0 Å². The van der Waals surface area contributed by atoms with Crippen LogP contribution in [0.3, 0.4) is 0 Å². The number of hydrogen-bond donors (Lipinski definition) is 0. The van der Waals surface area contributed by atoms with Crippen molar-refractivity contribution in [3.8, 4) is 0 Å². The molecular weight excluding hydrogens is 611 g/mol. The summed E-state index contributed by atoms with van der Waals surface area (Å²) in [5.74, 6) is 0. The molecule has 1 radical (unpaired) electrons. The summed E-state index contributed by atoms with van der Waals surface area (Å²) in [6, 6.07) is 26.0. The average molecular weight is 629 g/mol. The quantitative estimate of drug-likeness (QED) is 0.255. The maximum atomic E-state index is 3.74. The molecule has 0 atom stereocenters. The van der Waals surface area contributed by atoms with E-state index in [1.54, 1.807) is 0 Å². The van der Waals surface area contributed by atoms with E-state index >= 15 is 0 Å². The monoisotopic (exact) mass is 627 g/mol. The molecule has 3 rings (SSSR count). The fourth-order valence-corrected chi connectivity index (χ4v) is 14.7. The van der Waals surface area contributed by atoms with E-state index in [4.69, 9.17) is 0 Å². The Kier molecular flexibility index (Phi) is 7.64. The van der Waals surface area contributed by atoms with E-state index in [-0.39, 0.29) is 0 Å². The zero-order valence-electron chi connectivity index (χ0n) is 13.7. The summed E-state index contributed by atoms with van der Waals surface area (Å²) in [6.45, 7) is 0. The number of halogens is 3. The van der Waals surface area contributed by atoms with Crippen molar-refractivity contribution in [3.05, 3.63) is 103 Å². The van der Waals surface area contributed by atoms with Crippen LogP contribution in [0.15, 0.2) is 86.2 Å². The fourth-order valence-electron chi connectivity index (χ4n) is 2.92. The van der Waals surface area contributed by atoms with E-state index in [1.807, 2.05) is 0 Å². The molecule has 25 heavy (non-hydrogen) atoms. The zero-order valence-corrected chi connectivity index (χ0v) is 21.3. The number of rotatable bonds is 6. The molecule has 0 heterocycles. The molecule has 0 unspecified atom stereocenters.